The third-order valence-electron chi connectivity index (χ3n) is 15.0. The lowest BCUT2D eigenvalue weighted by molar-refractivity contribution is 0.668. The Morgan fingerprint density at radius 2 is 0.865 bits per heavy atom. The lowest BCUT2D eigenvalue weighted by atomic mass is 9.96. The second-order valence-electron chi connectivity index (χ2n) is 19.1. The molecule has 16 rings (SSSR count). The summed E-state index contributed by atoms with van der Waals surface area (Å²) < 4.78 is 17.2. The van der Waals surface area contributed by atoms with E-state index in [9.17, 15) is 0 Å². The highest BCUT2D eigenvalue weighted by molar-refractivity contribution is 6.23. The number of nitrogens with zero attached hydrogens (tertiary/aromatic N) is 5. The minimum absolute atomic E-state index is 0.531. The van der Waals surface area contributed by atoms with Gasteiger partial charge in [-0.15, -0.1) is 0 Å². The van der Waals surface area contributed by atoms with Gasteiger partial charge in [0.2, 0.25) is 5.95 Å². The van der Waals surface area contributed by atoms with E-state index >= 15 is 0 Å². The normalized spacial score (nSPS) is 12.1. The summed E-state index contributed by atoms with van der Waals surface area (Å²) in [5.41, 5.74) is 14.8. The number of furan rings is 2. The molecular weight excluding hydrogens is 907 g/mol. The third kappa shape index (κ3) is 6.10. The summed E-state index contributed by atoms with van der Waals surface area (Å²) in [5.74, 6) is 1.63. The molecule has 5 aromatic heterocycles. The van der Waals surface area contributed by atoms with Crippen LogP contribution in [0.25, 0.3) is 155 Å². The minimum atomic E-state index is 0.531. The van der Waals surface area contributed by atoms with Gasteiger partial charge in [-0.25, -0.2) is 4.98 Å². The fourth-order valence-electron chi connectivity index (χ4n) is 11.6. The summed E-state index contributed by atoms with van der Waals surface area (Å²) in [6.07, 6.45) is 0. The van der Waals surface area contributed by atoms with Crippen LogP contribution in [-0.2, 0) is 0 Å². The molecule has 0 aliphatic carbocycles. The molecule has 0 spiro atoms. The highest BCUT2D eigenvalue weighted by atomic mass is 16.3. The van der Waals surface area contributed by atoms with E-state index in [1.165, 1.54) is 21.5 Å². The van der Waals surface area contributed by atoms with Crippen LogP contribution in [0, 0.1) is 0 Å². The minimum Gasteiger partial charge on any atom is -0.456 e. The standard InChI is InChI=1S/C67H39N5O2/c1-2-19-47-40(14-1)31-34-58-63(47)54-25-13-24-48(43-16-11-15-41(36-43)42-32-35-61-55(38-42)52-23-6-10-29-60(52)73-61)64(54)71(58)46-18-12-17-44(37-46)65-68-66(45-30-33-53-51-22-5-9-28-59(51)74-62(53)39-45)70-67(69-65)72-56-26-7-3-20-49(56)50-21-4-8-27-57(50)72/h1-39H. The first kappa shape index (κ1) is 40.6. The van der Waals surface area contributed by atoms with E-state index in [1.807, 2.05) is 30.3 Å². The van der Waals surface area contributed by atoms with E-state index in [2.05, 4.69) is 215 Å². The largest absolute Gasteiger partial charge is 0.456 e. The van der Waals surface area contributed by atoms with Crippen LogP contribution >= 0.6 is 0 Å². The van der Waals surface area contributed by atoms with Gasteiger partial charge in [-0.2, -0.15) is 9.97 Å². The first-order chi connectivity index (χ1) is 36.7. The fraction of sp³-hybridized carbons (Fsp3) is 0. The van der Waals surface area contributed by atoms with Gasteiger partial charge in [0, 0.05) is 65.5 Å². The van der Waals surface area contributed by atoms with Gasteiger partial charge >= 0.3 is 0 Å². The predicted molar refractivity (Wildman–Crippen MR) is 302 cm³/mol. The first-order valence-electron chi connectivity index (χ1n) is 24.9. The Morgan fingerprint density at radius 3 is 1.66 bits per heavy atom. The van der Waals surface area contributed by atoms with Crippen molar-refractivity contribution in [3.8, 4) is 56.7 Å². The molecule has 0 saturated heterocycles. The summed E-state index contributed by atoms with van der Waals surface area (Å²) >= 11 is 0. The average Bonchev–Trinajstić information content (AvgIpc) is 4.23. The summed E-state index contributed by atoms with van der Waals surface area (Å²) in [5, 5.41) is 11.4. The van der Waals surface area contributed by atoms with Crippen molar-refractivity contribution >= 4 is 98.3 Å². The number of hydrogen-bond acceptors (Lipinski definition) is 5. The zero-order valence-electron chi connectivity index (χ0n) is 39.6. The van der Waals surface area contributed by atoms with Crippen LogP contribution in [0.3, 0.4) is 0 Å². The van der Waals surface area contributed by atoms with Gasteiger partial charge in [0.15, 0.2) is 11.6 Å². The second-order valence-corrected chi connectivity index (χ2v) is 19.1. The Kier molecular flexibility index (Phi) is 8.61. The van der Waals surface area contributed by atoms with Crippen LogP contribution in [0.1, 0.15) is 0 Å². The SMILES string of the molecule is c1cc(-c2ccc3oc4ccccc4c3c2)cc(-c2cccc3c4c5ccccc5ccc4n(-c4cccc(-c5nc(-c6ccc7c(c6)oc6ccccc67)nc(-n6c7ccccc7c7ccccc76)n5)c4)c23)c1. The summed E-state index contributed by atoms with van der Waals surface area (Å²) in [6.45, 7) is 0. The summed E-state index contributed by atoms with van der Waals surface area (Å²) in [4.78, 5) is 16.0. The smallest absolute Gasteiger partial charge is 0.238 e. The molecule has 0 N–H and O–H groups in total. The van der Waals surface area contributed by atoms with Crippen LogP contribution in [0.4, 0.5) is 0 Å². The molecule has 0 aliphatic heterocycles. The second kappa shape index (κ2) is 15.7. The molecule has 0 fully saturated rings. The number of hydrogen-bond donors (Lipinski definition) is 0. The Balaban J connectivity index is 0.913. The predicted octanol–water partition coefficient (Wildman–Crippen LogP) is 17.7. The van der Waals surface area contributed by atoms with Crippen molar-refractivity contribution < 1.29 is 8.83 Å². The Labute approximate surface area is 422 Å². The molecule has 5 heterocycles. The maximum atomic E-state index is 6.42. The highest BCUT2D eigenvalue weighted by Crippen LogP contribution is 2.43. The number of fused-ring (bicyclic) bond motifs is 14. The number of rotatable bonds is 6. The molecule has 0 bridgehead atoms. The van der Waals surface area contributed by atoms with Gasteiger partial charge in [-0.1, -0.05) is 164 Å². The number of para-hydroxylation sites is 5. The summed E-state index contributed by atoms with van der Waals surface area (Å²) in [6, 6.07) is 83.6. The Hall–Kier alpha value is -10.1. The van der Waals surface area contributed by atoms with Crippen molar-refractivity contribution in [2.24, 2.45) is 0 Å². The van der Waals surface area contributed by atoms with Crippen LogP contribution < -0.4 is 0 Å². The maximum absolute atomic E-state index is 6.42. The van der Waals surface area contributed by atoms with Crippen molar-refractivity contribution in [2.75, 3.05) is 0 Å². The molecule has 0 radical (unpaired) electrons. The van der Waals surface area contributed by atoms with E-state index < -0.39 is 0 Å². The van der Waals surface area contributed by atoms with Crippen LogP contribution in [0.15, 0.2) is 245 Å². The monoisotopic (exact) mass is 945 g/mol. The van der Waals surface area contributed by atoms with E-state index in [1.54, 1.807) is 0 Å². The van der Waals surface area contributed by atoms with Crippen molar-refractivity contribution in [3.05, 3.63) is 237 Å². The average molecular weight is 946 g/mol. The molecule has 0 atom stereocenters. The van der Waals surface area contributed by atoms with Crippen molar-refractivity contribution in [3.63, 3.8) is 0 Å². The Bertz CT molecular complexity index is 4940. The lowest BCUT2D eigenvalue weighted by Gasteiger charge is -2.14. The zero-order valence-corrected chi connectivity index (χ0v) is 39.6. The van der Waals surface area contributed by atoms with Gasteiger partial charge < -0.3 is 13.4 Å². The van der Waals surface area contributed by atoms with E-state index in [0.29, 0.717) is 17.6 Å². The van der Waals surface area contributed by atoms with Gasteiger partial charge in [0.25, 0.3) is 0 Å². The zero-order chi connectivity index (χ0) is 48.4. The molecule has 0 aliphatic rings. The lowest BCUT2D eigenvalue weighted by Crippen LogP contribution is -2.06. The van der Waals surface area contributed by atoms with E-state index in [4.69, 9.17) is 23.8 Å². The molecule has 16 aromatic rings. The molecule has 0 amide bonds. The van der Waals surface area contributed by atoms with Crippen LogP contribution in [0.5, 0.6) is 0 Å². The van der Waals surface area contributed by atoms with Crippen molar-refractivity contribution in [1.29, 1.82) is 0 Å². The molecule has 0 saturated carbocycles. The third-order valence-corrected chi connectivity index (χ3v) is 15.0. The van der Waals surface area contributed by atoms with Crippen LogP contribution in [-0.4, -0.2) is 24.1 Å². The fourth-order valence-corrected chi connectivity index (χ4v) is 11.6. The molecule has 7 nitrogen and oxygen atoms in total. The van der Waals surface area contributed by atoms with Gasteiger partial charge in [-0.3, -0.25) is 4.57 Å². The van der Waals surface area contributed by atoms with Crippen LogP contribution in [0.2, 0.25) is 0 Å². The molecule has 74 heavy (non-hydrogen) atoms. The van der Waals surface area contributed by atoms with Crippen molar-refractivity contribution in [1.82, 2.24) is 24.1 Å². The maximum Gasteiger partial charge on any atom is 0.238 e. The van der Waals surface area contributed by atoms with E-state index in [0.717, 1.165) is 116 Å². The molecule has 0 unspecified atom stereocenters. The topological polar surface area (TPSA) is 74.8 Å². The molecule has 11 aromatic carbocycles. The van der Waals surface area contributed by atoms with Gasteiger partial charge in [-0.05, 0) is 100 Å². The first-order valence-corrected chi connectivity index (χ1v) is 24.9. The Morgan fingerprint density at radius 1 is 0.297 bits per heavy atom. The molecule has 7 heteroatoms. The van der Waals surface area contributed by atoms with Gasteiger partial charge in [0.1, 0.15) is 22.3 Å². The number of aromatic nitrogens is 5. The van der Waals surface area contributed by atoms with Crippen molar-refractivity contribution in [2.45, 2.75) is 0 Å². The summed E-state index contributed by atoms with van der Waals surface area (Å²) in [7, 11) is 0. The van der Waals surface area contributed by atoms with E-state index in [-0.39, 0.29) is 0 Å². The number of benzene rings is 11. The highest BCUT2D eigenvalue weighted by Gasteiger charge is 2.22. The molecule has 344 valence electrons. The molecular formula is C67H39N5O2. The quantitative estimate of drug-likeness (QED) is 0.166. The van der Waals surface area contributed by atoms with Gasteiger partial charge in [0.05, 0.1) is 22.1 Å².